The molecule has 4 aliphatic rings. The number of aliphatic hydroxyl groups excluding tert-OH is 1. The van der Waals surface area contributed by atoms with Gasteiger partial charge in [-0.05, 0) is 25.7 Å². The van der Waals surface area contributed by atoms with E-state index >= 15 is 0 Å². The molecular weight excluding hydrogens is 504 g/mol. The van der Waals surface area contributed by atoms with Crippen molar-refractivity contribution in [1.29, 1.82) is 0 Å². The van der Waals surface area contributed by atoms with Gasteiger partial charge in [0.25, 0.3) is 0 Å². The molecule has 0 aromatic rings. The van der Waals surface area contributed by atoms with Crippen molar-refractivity contribution >= 4 is 33.7 Å². The monoisotopic (exact) mass is 538 g/mol. The summed E-state index contributed by atoms with van der Waals surface area (Å²) in [5.41, 5.74) is -1.13. The highest BCUT2D eigenvalue weighted by molar-refractivity contribution is 9.09. The number of aliphatic hydroxyl groups is 1. The van der Waals surface area contributed by atoms with E-state index in [1.807, 2.05) is 4.90 Å². The fourth-order valence-corrected chi connectivity index (χ4v) is 7.42. The molecule has 0 radical (unpaired) electrons. The summed E-state index contributed by atoms with van der Waals surface area (Å²) in [6.07, 6.45) is 8.90. The number of esters is 1. The van der Waals surface area contributed by atoms with Crippen molar-refractivity contribution in [1.82, 2.24) is 9.80 Å². The Morgan fingerprint density at radius 3 is 2.65 bits per heavy atom. The van der Waals surface area contributed by atoms with Gasteiger partial charge in [-0.3, -0.25) is 14.4 Å². The lowest BCUT2D eigenvalue weighted by atomic mass is 9.70. The first-order valence-electron chi connectivity index (χ1n) is 12.3. The predicted octanol–water partition coefficient (Wildman–Crippen LogP) is 2.19. The van der Waals surface area contributed by atoms with Crippen LogP contribution in [0.2, 0.25) is 0 Å². The van der Waals surface area contributed by atoms with Crippen LogP contribution in [0.1, 0.15) is 44.9 Å². The molecule has 1 N–H and O–H groups in total. The number of β-amino-alcohol motifs (C(OH)–C–C–N with tert-alkyl or cyclic N) is 1. The van der Waals surface area contributed by atoms with Crippen LogP contribution in [0, 0.1) is 11.8 Å². The Hall–Kier alpha value is -1.71. The van der Waals surface area contributed by atoms with Gasteiger partial charge in [-0.1, -0.05) is 47.3 Å². The van der Waals surface area contributed by atoms with Gasteiger partial charge in [0.1, 0.15) is 11.6 Å². The first-order chi connectivity index (χ1) is 16.4. The number of hydrogen-bond donors (Lipinski definition) is 1. The van der Waals surface area contributed by atoms with Crippen molar-refractivity contribution in [3.05, 3.63) is 25.3 Å². The molecule has 9 heteroatoms. The van der Waals surface area contributed by atoms with Crippen molar-refractivity contribution < 1.29 is 29.0 Å². The van der Waals surface area contributed by atoms with E-state index in [0.717, 1.165) is 32.1 Å². The smallest absolute Gasteiger partial charge is 0.312 e. The summed E-state index contributed by atoms with van der Waals surface area (Å²) in [6, 6.07) is -0.811. The number of rotatable bonds is 10. The van der Waals surface area contributed by atoms with E-state index in [4.69, 9.17) is 9.47 Å². The second kappa shape index (κ2) is 10.5. The average molecular weight is 539 g/mol. The number of nitrogens with zero attached hydrogens (tertiary/aromatic N) is 2. The fourth-order valence-electron chi connectivity index (χ4n) is 6.47. The molecule has 4 rings (SSSR count). The van der Waals surface area contributed by atoms with E-state index in [0.29, 0.717) is 19.4 Å². The van der Waals surface area contributed by atoms with E-state index in [2.05, 4.69) is 29.1 Å². The van der Waals surface area contributed by atoms with Crippen LogP contribution in [0.5, 0.6) is 0 Å². The molecule has 1 saturated carbocycles. The average Bonchev–Trinajstić information content (AvgIpc) is 3.42. The minimum atomic E-state index is -1.13. The van der Waals surface area contributed by atoms with Crippen molar-refractivity contribution in [3.63, 3.8) is 0 Å². The van der Waals surface area contributed by atoms with Gasteiger partial charge < -0.3 is 24.4 Å². The number of amides is 2. The standard InChI is InChI=1S/C25H35BrN2O6/c1-3-5-14-33-24(32)18-19-22(30)28(12-13-29)21(25(19)15-17(26)20(18)34-25)23(31)27(11-4-2)16-9-7-6-8-10-16/h3-4,16-21,29H,1-2,5-15H2/t17?,18-,19-,20-,21?,25?/m0/s1. The van der Waals surface area contributed by atoms with E-state index in [-0.39, 0.29) is 42.4 Å². The molecule has 2 amide bonds. The summed E-state index contributed by atoms with van der Waals surface area (Å²) in [5.74, 6) is -2.58. The SMILES string of the molecule is C=CCCOC(=O)[C@H]1[C@H]2C(=O)N(CCO)C(C(=O)N(CC=C)C3CCCCC3)C23CC(Br)[C@@H]1O3. The first kappa shape index (κ1) is 25.4. The number of halogens is 1. The molecule has 2 bridgehead atoms. The molecule has 1 aliphatic carbocycles. The number of carbonyl (C=O) groups is 3. The molecule has 34 heavy (non-hydrogen) atoms. The quantitative estimate of drug-likeness (QED) is 0.198. The lowest BCUT2D eigenvalue weighted by molar-refractivity contribution is -0.155. The highest BCUT2D eigenvalue weighted by Crippen LogP contribution is 2.60. The maximum absolute atomic E-state index is 14.2. The van der Waals surface area contributed by atoms with Crippen LogP contribution in [0.15, 0.2) is 25.3 Å². The molecule has 1 spiro atoms. The maximum Gasteiger partial charge on any atom is 0.312 e. The Bertz CT molecular complexity index is 830. The van der Waals surface area contributed by atoms with Crippen LogP contribution in [-0.4, -0.2) is 87.6 Å². The zero-order valence-corrected chi connectivity index (χ0v) is 21.2. The van der Waals surface area contributed by atoms with Gasteiger partial charge in [0.05, 0.1) is 31.2 Å². The highest BCUT2D eigenvalue weighted by atomic mass is 79.9. The van der Waals surface area contributed by atoms with Crippen LogP contribution >= 0.6 is 15.9 Å². The number of ether oxygens (including phenoxy) is 2. The number of likely N-dealkylation sites (tertiary alicyclic amines) is 1. The molecule has 3 unspecified atom stereocenters. The molecule has 8 nitrogen and oxygen atoms in total. The van der Waals surface area contributed by atoms with E-state index < -0.39 is 35.6 Å². The number of hydrogen-bond acceptors (Lipinski definition) is 6. The highest BCUT2D eigenvalue weighted by Gasteiger charge is 2.77. The summed E-state index contributed by atoms with van der Waals surface area (Å²) in [4.78, 5) is 44.0. The van der Waals surface area contributed by atoms with Gasteiger partial charge in [-0.2, -0.15) is 0 Å². The second-order valence-electron chi connectivity index (χ2n) is 9.73. The molecule has 3 aliphatic heterocycles. The van der Waals surface area contributed by atoms with Crippen molar-refractivity contribution in [2.75, 3.05) is 26.3 Å². The zero-order chi connectivity index (χ0) is 24.5. The van der Waals surface area contributed by atoms with Crippen molar-refractivity contribution in [2.24, 2.45) is 11.8 Å². The fraction of sp³-hybridized carbons (Fsp3) is 0.720. The number of carbonyl (C=O) groups excluding carboxylic acids is 3. The normalized spacial score (nSPS) is 34.7. The summed E-state index contributed by atoms with van der Waals surface area (Å²) in [5, 5.41) is 9.75. The molecule has 0 aromatic heterocycles. The Morgan fingerprint density at radius 2 is 2.00 bits per heavy atom. The molecule has 3 saturated heterocycles. The van der Waals surface area contributed by atoms with Crippen LogP contribution in [0.25, 0.3) is 0 Å². The summed E-state index contributed by atoms with van der Waals surface area (Å²) in [6.45, 7) is 7.79. The number of alkyl halides is 1. The topological polar surface area (TPSA) is 96.4 Å². The first-order valence-corrected chi connectivity index (χ1v) is 13.2. The van der Waals surface area contributed by atoms with Crippen molar-refractivity contribution in [2.45, 2.75) is 73.6 Å². The van der Waals surface area contributed by atoms with E-state index in [9.17, 15) is 19.5 Å². The third-order valence-corrected chi connectivity index (χ3v) is 8.67. The van der Waals surface area contributed by atoms with Crippen LogP contribution < -0.4 is 0 Å². The van der Waals surface area contributed by atoms with Gasteiger partial charge in [0, 0.05) is 24.0 Å². The summed E-state index contributed by atoms with van der Waals surface area (Å²) < 4.78 is 11.9. The van der Waals surface area contributed by atoms with Crippen LogP contribution in [0.3, 0.4) is 0 Å². The number of fused-ring (bicyclic) bond motifs is 1. The van der Waals surface area contributed by atoms with Crippen LogP contribution in [0.4, 0.5) is 0 Å². The van der Waals surface area contributed by atoms with Crippen LogP contribution in [-0.2, 0) is 23.9 Å². The minimum Gasteiger partial charge on any atom is -0.465 e. The van der Waals surface area contributed by atoms with Gasteiger partial charge in [-0.25, -0.2) is 0 Å². The van der Waals surface area contributed by atoms with Gasteiger partial charge in [0.2, 0.25) is 11.8 Å². The Labute approximate surface area is 209 Å². The van der Waals surface area contributed by atoms with Gasteiger partial charge in [-0.15, -0.1) is 13.2 Å². The van der Waals surface area contributed by atoms with Gasteiger partial charge >= 0.3 is 5.97 Å². The lowest BCUT2D eigenvalue weighted by Crippen LogP contribution is -2.59. The largest absolute Gasteiger partial charge is 0.465 e. The summed E-state index contributed by atoms with van der Waals surface area (Å²) >= 11 is 3.65. The molecule has 4 fully saturated rings. The Morgan fingerprint density at radius 1 is 1.26 bits per heavy atom. The summed E-state index contributed by atoms with van der Waals surface area (Å²) in [7, 11) is 0. The second-order valence-corrected chi connectivity index (χ2v) is 10.9. The molecule has 188 valence electrons. The molecular formula is C25H35BrN2O6. The zero-order valence-electron chi connectivity index (χ0n) is 19.6. The Kier molecular flexibility index (Phi) is 7.84. The minimum absolute atomic E-state index is 0.0132. The van der Waals surface area contributed by atoms with Gasteiger partial charge in [0.15, 0.2) is 0 Å². The third-order valence-electron chi connectivity index (χ3n) is 7.83. The van der Waals surface area contributed by atoms with E-state index in [1.54, 1.807) is 12.2 Å². The molecule has 0 aromatic carbocycles. The third kappa shape index (κ3) is 4.13. The van der Waals surface area contributed by atoms with E-state index in [1.165, 1.54) is 4.90 Å². The predicted molar refractivity (Wildman–Crippen MR) is 129 cm³/mol. The van der Waals surface area contributed by atoms with Crippen molar-refractivity contribution in [3.8, 4) is 0 Å². The molecule has 6 atom stereocenters. The molecule has 3 heterocycles. The lowest BCUT2D eigenvalue weighted by Gasteiger charge is -2.40. The Balaban J connectivity index is 1.69. The maximum atomic E-state index is 14.2.